The van der Waals surface area contributed by atoms with E-state index in [9.17, 15) is 28.8 Å². The van der Waals surface area contributed by atoms with Crippen molar-refractivity contribution in [3.8, 4) is 34.5 Å². The standard InChI is InChI=1S/C44H46O15/c1-43(2,31-14-26(20-45)40(34(17-31)51-4)57-23-37(48)54-7)29-10-12-30(13-11-29)44(3,32-15-27(21-46)41(35(18-32)52-5)58-24-38(49)55-8)33-16-28(22-47)42(36(19-33)53-6)59-25-39(50)56-9/h10-22H,23-25H2,1-9H3. The second kappa shape index (κ2) is 19.5. The van der Waals surface area contributed by atoms with Crippen LogP contribution in [0.15, 0.2) is 60.7 Å². The molecule has 0 N–H and O–H groups in total. The van der Waals surface area contributed by atoms with Gasteiger partial charge in [-0.2, -0.15) is 0 Å². The van der Waals surface area contributed by atoms with Gasteiger partial charge in [-0.15, -0.1) is 0 Å². The van der Waals surface area contributed by atoms with E-state index < -0.39 is 48.6 Å². The second-order valence-corrected chi connectivity index (χ2v) is 13.6. The number of hydrogen-bond donors (Lipinski definition) is 0. The molecule has 312 valence electrons. The molecule has 0 unspecified atom stereocenters. The number of carbonyl (C=O) groups excluding carboxylic acids is 6. The van der Waals surface area contributed by atoms with Crippen LogP contribution in [0.25, 0.3) is 0 Å². The average molecular weight is 815 g/mol. The third kappa shape index (κ3) is 9.46. The maximum Gasteiger partial charge on any atom is 0.343 e. The van der Waals surface area contributed by atoms with E-state index >= 15 is 0 Å². The normalized spacial score (nSPS) is 11.1. The number of carbonyl (C=O) groups is 6. The van der Waals surface area contributed by atoms with E-state index in [1.165, 1.54) is 42.7 Å². The molecule has 0 aliphatic rings. The molecule has 15 heteroatoms. The molecule has 0 saturated carbocycles. The molecule has 0 fully saturated rings. The minimum Gasteiger partial charge on any atom is -0.493 e. The second-order valence-electron chi connectivity index (χ2n) is 13.6. The Morgan fingerprint density at radius 2 is 0.763 bits per heavy atom. The van der Waals surface area contributed by atoms with E-state index in [0.717, 1.165) is 5.56 Å². The molecule has 59 heavy (non-hydrogen) atoms. The maximum atomic E-state index is 12.6. The fraction of sp³-hybridized carbons (Fsp3) is 0.318. The van der Waals surface area contributed by atoms with E-state index in [2.05, 4.69) is 4.74 Å². The summed E-state index contributed by atoms with van der Waals surface area (Å²) in [6.07, 6.45) is 1.75. The minimum absolute atomic E-state index is 0.0145. The van der Waals surface area contributed by atoms with Crippen LogP contribution in [0, 0.1) is 0 Å². The van der Waals surface area contributed by atoms with Crippen molar-refractivity contribution in [1.82, 2.24) is 0 Å². The number of esters is 3. The molecule has 0 aliphatic heterocycles. The van der Waals surface area contributed by atoms with E-state index in [0.29, 0.717) is 41.1 Å². The summed E-state index contributed by atoms with van der Waals surface area (Å²) in [6, 6.07) is 17.4. The monoisotopic (exact) mass is 814 g/mol. The Morgan fingerprint density at radius 1 is 0.458 bits per heavy atom. The zero-order chi connectivity index (χ0) is 43.5. The van der Waals surface area contributed by atoms with Crippen molar-refractivity contribution in [1.29, 1.82) is 0 Å². The fourth-order valence-electron chi connectivity index (χ4n) is 6.45. The first-order chi connectivity index (χ1) is 28.2. The Balaban J connectivity index is 1.95. The van der Waals surface area contributed by atoms with Gasteiger partial charge in [0, 0.05) is 10.8 Å². The summed E-state index contributed by atoms with van der Waals surface area (Å²) >= 11 is 0. The molecule has 4 aromatic rings. The van der Waals surface area contributed by atoms with Gasteiger partial charge in [0.15, 0.2) is 73.2 Å². The molecule has 0 aliphatic carbocycles. The number of methoxy groups -OCH3 is 6. The average Bonchev–Trinajstić information content (AvgIpc) is 3.27. The third-order valence-corrected chi connectivity index (χ3v) is 10.0. The Hall–Kier alpha value is -6.90. The lowest BCUT2D eigenvalue weighted by molar-refractivity contribution is -0.143. The first-order valence-electron chi connectivity index (χ1n) is 17.9. The van der Waals surface area contributed by atoms with Gasteiger partial charge in [-0.05, 0) is 71.1 Å². The van der Waals surface area contributed by atoms with Crippen LogP contribution < -0.4 is 28.4 Å². The molecular weight excluding hydrogens is 768 g/mol. The summed E-state index contributed by atoms with van der Waals surface area (Å²) in [5, 5.41) is 0. The van der Waals surface area contributed by atoms with Crippen molar-refractivity contribution in [3.63, 3.8) is 0 Å². The molecule has 0 aromatic heterocycles. The molecule has 0 amide bonds. The lowest BCUT2D eigenvalue weighted by atomic mass is 9.69. The molecule has 4 aromatic carbocycles. The van der Waals surface area contributed by atoms with E-state index in [4.69, 9.17) is 37.9 Å². The van der Waals surface area contributed by atoms with Crippen LogP contribution >= 0.6 is 0 Å². The molecule has 0 atom stereocenters. The highest BCUT2D eigenvalue weighted by Gasteiger charge is 2.36. The van der Waals surface area contributed by atoms with Crippen molar-refractivity contribution < 1.29 is 71.4 Å². The predicted octanol–water partition coefficient (Wildman–Crippen LogP) is 5.49. The Labute approximate surface area is 341 Å². The first-order valence-corrected chi connectivity index (χ1v) is 17.9. The maximum absolute atomic E-state index is 12.6. The molecule has 4 rings (SSSR count). The quantitative estimate of drug-likeness (QED) is 0.0472. The summed E-state index contributed by atoms with van der Waals surface area (Å²) in [5.74, 6) is -1.34. The van der Waals surface area contributed by atoms with Gasteiger partial charge in [-0.3, -0.25) is 14.4 Å². The van der Waals surface area contributed by atoms with Crippen LogP contribution in [0.3, 0.4) is 0 Å². The SMILES string of the molecule is COC(=O)COc1c(C=O)cc(C(C)(C)c2ccc(C(C)(c3cc(C=O)c(OCC(=O)OC)c(OC)c3)c3cc(C=O)c(OCC(=O)OC)c(OC)c3)cc2)cc1OC. The van der Waals surface area contributed by atoms with E-state index in [1.54, 1.807) is 36.4 Å². The Bertz CT molecular complexity index is 2120. The van der Waals surface area contributed by atoms with Gasteiger partial charge in [0.2, 0.25) is 0 Å². The fourth-order valence-corrected chi connectivity index (χ4v) is 6.45. The zero-order valence-corrected chi connectivity index (χ0v) is 34.3. The van der Waals surface area contributed by atoms with Crippen LogP contribution in [-0.4, -0.2) is 99.2 Å². The van der Waals surface area contributed by atoms with Gasteiger partial charge in [0.1, 0.15) is 0 Å². The summed E-state index contributed by atoms with van der Waals surface area (Å²) in [6.45, 7) is 4.39. The van der Waals surface area contributed by atoms with Crippen LogP contribution in [0.5, 0.6) is 34.5 Å². The molecule has 15 nitrogen and oxygen atoms in total. The van der Waals surface area contributed by atoms with Gasteiger partial charge >= 0.3 is 17.9 Å². The number of hydrogen-bond acceptors (Lipinski definition) is 15. The number of aldehydes is 3. The predicted molar refractivity (Wildman–Crippen MR) is 212 cm³/mol. The largest absolute Gasteiger partial charge is 0.493 e. The highest BCUT2D eigenvalue weighted by molar-refractivity contribution is 5.85. The van der Waals surface area contributed by atoms with Gasteiger partial charge in [-0.25, -0.2) is 14.4 Å². The Morgan fingerprint density at radius 3 is 1.07 bits per heavy atom. The first kappa shape index (κ1) is 44.8. The van der Waals surface area contributed by atoms with Gasteiger partial charge in [-0.1, -0.05) is 38.1 Å². The molecule has 0 bridgehead atoms. The third-order valence-electron chi connectivity index (χ3n) is 10.0. The zero-order valence-electron chi connectivity index (χ0n) is 34.3. The van der Waals surface area contributed by atoms with Gasteiger partial charge in [0.05, 0.1) is 59.3 Å². The molecular formula is C44H46O15. The smallest absolute Gasteiger partial charge is 0.343 e. The van der Waals surface area contributed by atoms with Crippen molar-refractivity contribution in [2.75, 3.05) is 62.5 Å². The van der Waals surface area contributed by atoms with Gasteiger partial charge < -0.3 is 42.6 Å². The van der Waals surface area contributed by atoms with Crippen molar-refractivity contribution in [3.05, 3.63) is 105 Å². The number of ether oxygens (including phenoxy) is 9. The van der Waals surface area contributed by atoms with Crippen molar-refractivity contribution >= 4 is 36.8 Å². The van der Waals surface area contributed by atoms with Crippen LogP contribution in [0.4, 0.5) is 0 Å². The highest BCUT2D eigenvalue weighted by Crippen LogP contribution is 2.47. The molecule has 0 heterocycles. The highest BCUT2D eigenvalue weighted by atomic mass is 16.6. The van der Waals surface area contributed by atoms with Crippen LogP contribution in [0.1, 0.15) is 79.7 Å². The number of rotatable bonds is 20. The van der Waals surface area contributed by atoms with Crippen LogP contribution in [-0.2, 0) is 39.4 Å². The van der Waals surface area contributed by atoms with Gasteiger partial charge in [0.25, 0.3) is 0 Å². The lowest BCUT2D eigenvalue weighted by Crippen LogP contribution is -2.27. The molecule has 0 saturated heterocycles. The topological polar surface area (TPSA) is 185 Å². The van der Waals surface area contributed by atoms with E-state index in [-0.39, 0.29) is 51.2 Å². The summed E-state index contributed by atoms with van der Waals surface area (Å²) in [4.78, 5) is 73.2. The van der Waals surface area contributed by atoms with Crippen LogP contribution in [0.2, 0.25) is 0 Å². The van der Waals surface area contributed by atoms with E-state index in [1.807, 2.05) is 45.0 Å². The van der Waals surface area contributed by atoms with Crippen molar-refractivity contribution in [2.24, 2.45) is 0 Å². The lowest BCUT2D eigenvalue weighted by Gasteiger charge is -2.34. The Kier molecular flexibility index (Phi) is 14.8. The number of benzene rings is 4. The van der Waals surface area contributed by atoms with Crippen molar-refractivity contribution in [2.45, 2.75) is 31.6 Å². The minimum atomic E-state index is -1.19. The molecule has 0 spiro atoms. The summed E-state index contributed by atoms with van der Waals surface area (Å²) in [7, 11) is 7.83. The molecule has 0 radical (unpaired) electrons. The summed E-state index contributed by atoms with van der Waals surface area (Å²) in [5.41, 5.74) is 1.59. The summed E-state index contributed by atoms with van der Waals surface area (Å²) < 4.78 is 48.0.